The van der Waals surface area contributed by atoms with Gasteiger partial charge in [0.2, 0.25) is 0 Å². The second-order valence-corrected chi connectivity index (χ2v) is 8.82. The Balaban J connectivity index is 1.52. The van der Waals surface area contributed by atoms with Crippen LogP contribution in [0.1, 0.15) is 63.4 Å². The van der Waals surface area contributed by atoms with Gasteiger partial charge in [-0.25, -0.2) is 0 Å². The van der Waals surface area contributed by atoms with E-state index in [2.05, 4.69) is 29.6 Å². The first kappa shape index (κ1) is 19.4. The van der Waals surface area contributed by atoms with Gasteiger partial charge in [0.25, 0.3) is 0 Å². The molecule has 1 heterocycles. The van der Waals surface area contributed by atoms with Crippen molar-refractivity contribution in [2.75, 3.05) is 13.7 Å². The van der Waals surface area contributed by atoms with Crippen LogP contribution in [-0.4, -0.2) is 25.0 Å². The molecule has 0 radical (unpaired) electrons. The standard InChI is InChI=1S/C25H33NO2/c1-28-23-12-11-21-15-20(9-10-22(21)17-23)16-24(27)25(13-5-6-14-26-25)18-19-7-3-2-4-8-19/h9-12,15,17,19,26H,2-8,13-14,16,18H2,1H3. The number of hydrogen-bond donors (Lipinski definition) is 1. The molecule has 1 N–H and O–H groups in total. The summed E-state index contributed by atoms with van der Waals surface area (Å²) in [7, 11) is 1.69. The van der Waals surface area contributed by atoms with Crippen LogP contribution in [0.3, 0.4) is 0 Å². The number of hydrogen-bond acceptors (Lipinski definition) is 3. The van der Waals surface area contributed by atoms with Crippen molar-refractivity contribution < 1.29 is 9.53 Å². The Hall–Kier alpha value is -1.87. The number of piperidine rings is 1. The third-order valence-electron chi connectivity index (χ3n) is 6.87. The summed E-state index contributed by atoms with van der Waals surface area (Å²) in [6.45, 7) is 0.982. The summed E-state index contributed by atoms with van der Waals surface area (Å²) in [6.07, 6.45) is 11.6. The molecule has 150 valence electrons. The van der Waals surface area contributed by atoms with Crippen molar-refractivity contribution in [3.05, 3.63) is 42.0 Å². The summed E-state index contributed by atoms with van der Waals surface area (Å²) in [5.74, 6) is 1.98. The molecule has 1 aliphatic carbocycles. The van der Waals surface area contributed by atoms with Crippen LogP contribution in [0.4, 0.5) is 0 Å². The van der Waals surface area contributed by atoms with Gasteiger partial charge in [-0.2, -0.15) is 0 Å². The lowest BCUT2D eigenvalue weighted by atomic mass is 9.72. The second-order valence-electron chi connectivity index (χ2n) is 8.82. The first-order valence-electron chi connectivity index (χ1n) is 11.0. The fourth-order valence-electron chi connectivity index (χ4n) is 5.24. The molecule has 2 aromatic rings. The molecule has 1 atom stereocenters. The van der Waals surface area contributed by atoms with E-state index in [1.165, 1.54) is 50.3 Å². The van der Waals surface area contributed by atoms with Gasteiger partial charge in [-0.15, -0.1) is 0 Å². The van der Waals surface area contributed by atoms with E-state index >= 15 is 0 Å². The molecule has 0 amide bonds. The highest BCUT2D eigenvalue weighted by Crippen LogP contribution is 2.35. The van der Waals surface area contributed by atoms with Crippen molar-refractivity contribution >= 4 is 16.6 Å². The molecule has 0 bridgehead atoms. The van der Waals surface area contributed by atoms with Crippen molar-refractivity contribution in [3.63, 3.8) is 0 Å². The minimum absolute atomic E-state index is 0.297. The first-order valence-corrected chi connectivity index (χ1v) is 11.0. The van der Waals surface area contributed by atoms with Crippen molar-refractivity contribution in [2.45, 2.75) is 69.7 Å². The van der Waals surface area contributed by atoms with E-state index in [9.17, 15) is 4.79 Å². The molecule has 1 saturated carbocycles. The Bertz CT molecular complexity index is 816. The number of rotatable bonds is 6. The second kappa shape index (κ2) is 8.65. The monoisotopic (exact) mass is 379 g/mol. The smallest absolute Gasteiger partial charge is 0.157 e. The molecule has 3 heteroatoms. The molecule has 2 aromatic carbocycles. The SMILES string of the molecule is COc1ccc2cc(CC(=O)C3(CC4CCCCC4)CCCCN3)ccc2c1. The molecule has 0 aromatic heterocycles. The van der Waals surface area contributed by atoms with Crippen LogP contribution in [0.5, 0.6) is 5.75 Å². The molecule has 1 unspecified atom stereocenters. The van der Waals surface area contributed by atoms with E-state index in [4.69, 9.17) is 4.74 Å². The van der Waals surface area contributed by atoms with Gasteiger partial charge < -0.3 is 10.1 Å². The van der Waals surface area contributed by atoms with Crippen LogP contribution >= 0.6 is 0 Å². The lowest BCUT2D eigenvalue weighted by molar-refractivity contribution is -0.126. The molecular formula is C25H33NO2. The predicted molar refractivity (Wildman–Crippen MR) is 115 cm³/mol. The molecular weight excluding hydrogens is 346 g/mol. The Morgan fingerprint density at radius 1 is 1.04 bits per heavy atom. The van der Waals surface area contributed by atoms with Gasteiger partial charge in [-0.05, 0) is 66.6 Å². The number of Topliss-reactive ketones (excluding diaryl/α,β-unsaturated/α-hetero) is 1. The minimum Gasteiger partial charge on any atom is -0.497 e. The zero-order valence-corrected chi connectivity index (χ0v) is 17.1. The van der Waals surface area contributed by atoms with E-state index in [0.717, 1.165) is 36.1 Å². The number of fused-ring (bicyclic) bond motifs is 1. The van der Waals surface area contributed by atoms with E-state index < -0.39 is 0 Å². The summed E-state index contributed by atoms with van der Waals surface area (Å²) in [5, 5.41) is 6.01. The molecule has 1 aliphatic heterocycles. The average Bonchev–Trinajstić information content (AvgIpc) is 2.74. The van der Waals surface area contributed by atoms with Gasteiger partial charge in [0.1, 0.15) is 5.75 Å². The molecule has 28 heavy (non-hydrogen) atoms. The molecule has 4 rings (SSSR count). The van der Waals surface area contributed by atoms with Gasteiger partial charge in [-0.3, -0.25) is 4.79 Å². The molecule has 3 nitrogen and oxygen atoms in total. The third kappa shape index (κ3) is 4.25. The fraction of sp³-hybridized carbons (Fsp3) is 0.560. The van der Waals surface area contributed by atoms with Gasteiger partial charge >= 0.3 is 0 Å². The van der Waals surface area contributed by atoms with Crippen LogP contribution in [-0.2, 0) is 11.2 Å². The Labute approximate surface area is 168 Å². The van der Waals surface area contributed by atoms with E-state index in [1.807, 2.05) is 12.1 Å². The summed E-state index contributed by atoms with van der Waals surface area (Å²) < 4.78 is 5.32. The number of ketones is 1. The maximum absolute atomic E-state index is 13.5. The quantitative estimate of drug-likeness (QED) is 0.726. The highest BCUT2D eigenvalue weighted by atomic mass is 16.5. The Kier molecular flexibility index (Phi) is 6.01. The zero-order chi connectivity index (χ0) is 19.4. The molecule has 0 spiro atoms. The number of carbonyl (C=O) groups excluding carboxylic acids is 1. The maximum atomic E-state index is 13.5. The van der Waals surface area contributed by atoms with Crippen LogP contribution in [0.25, 0.3) is 10.8 Å². The number of ether oxygens (including phenoxy) is 1. The van der Waals surface area contributed by atoms with Crippen LogP contribution in [0, 0.1) is 5.92 Å². The average molecular weight is 380 g/mol. The number of carbonyl (C=O) groups is 1. The Morgan fingerprint density at radius 2 is 1.82 bits per heavy atom. The highest BCUT2D eigenvalue weighted by Gasteiger charge is 2.40. The summed E-state index contributed by atoms with van der Waals surface area (Å²) >= 11 is 0. The third-order valence-corrected chi connectivity index (χ3v) is 6.87. The summed E-state index contributed by atoms with van der Waals surface area (Å²) in [6, 6.07) is 12.5. The van der Waals surface area contributed by atoms with E-state index in [-0.39, 0.29) is 5.54 Å². The van der Waals surface area contributed by atoms with Crippen LogP contribution in [0.2, 0.25) is 0 Å². The normalized spacial score (nSPS) is 23.6. The lowest BCUT2D eigenvalue weighted by Crippen LogP contribution is -2.56. The zero-order valence-electron chi connectivity index (χ0n) is 17.1. The first-order chi connectivity index (χ1) is 13.7. The molecule has 2 fully saturated rings. The van der Waals surface area contributed by atoms with Crippen molar-refractivity contribution in [1.29, 1.82) is 0 Å². The van der Waals surface area contributed by atoms with Crippen LogP contribution < -0.4 is 10.1 Å². The van der Waals surface area contributed by atoms with Crippen molar-refractivity contribution in [3.8, 4) is 5.75 Å². The number of methoxy groups -OCH3 is 1. The summed E-state index contributed by atoms with van der Waals surface area (Å²) in [4.78, 5) is 13.5. The van der Waals surface area contributed by atoms with Crippen LogP contribution in [0.15, 0.2) is 36.4 Å². The van der Waals surface area contributed by atoms with Crippen molar-refractivity contribution in [2.24, 2.45) is 5.92 Å². The fourth-order valence-corrected chi connectivity index (χ4v) is 5.24. The van der Waals surface area contributed by atoms with Gasteiger partial charge in [0.05, 0.1) is 12.6 Å². The molecule has 2 aliphatic rings. The number of nitrogens with one attached hydrogen (secondary N) is 1. The van der Waals surface area contributed by atoms with Gasteiger partial charge in [0, 0.05) is 6.42 Å². The summed E-state index contributed by atoms with van der Waals surface area (Å²) in [5.41, 5.74) is 0.827. The van der Waals surface area contributed by atoms with Gasteiger partial charge in [0.15, 0.2) is 5.78 Å². The van der Waals surface area contributed by atoms with Crippen molar-refractivity contribution in [1.82, 2.24) is 5.32 Å². The number of benzene rings is 2. The largest absolute Gasteiger partial charge is 0.497 e. The Morgan fingerprint density at radius 3 is 2.57 bits per heavy atom. The van der Waals surface area contributed by atoms with E-state index in [0.29, 0.717) is 18.1 Å². The molecule has 1 saturated heterocycles. The predicted octanol–water partition coefficient (Wildman–Crippen LogP) is 5.44. The highest BCUT2D eigenvalue weighted by molar-refractivity contribution is 5.92. The maximum Gasteiger partial charge on any atom is 0.157 e. The van der Waals surface area contributed by atoms with E-state index in [1.54, 1.807) is 7.11 Å². The minimum atomic E-state index is -0.297. The van der Waals surface area contributed by atoms with Gasteiger partial charge in [-0.1, -0.05) is 56.4 Å². The lowest BCUT2D eigenvalue weighted by Gasteiger charge is -2.40. The topological polar surface area (TPSA) is 38.3 Å².